The highest BCUT2D eigenvalue weighted by Gasteiger charge is 2.40. The van der Waals surface area contributed by atoms with Gasteiger partial charge < -0.3 is 4.43 Å². The molecule has 0 aliphatic heterocycles. The van der Waals surface area contributed by atoms with Crippen molar-refractivity contribution in [1.29, 1.82) is 0 Å². The Bertz CT molecular complexity index is 756. The number of rotatable bonds is 3. The second kappa shape index (κ2) is 5.57. The summed E-state index contributed by atoms with van der Waals surface area (Å²) in [6.07, 6.45) is 3.22. The molecule has 2 aromatic carbocycles. The van der Waals surface area contributed by atoms with Crippen molar-refractivity contribution in [1.82, 2.24) is 0 Å². The van der Waals surface area contributed by atoms with Crippen molar-refractivity contribution in [3.05, 3.63) is 47.0 Å². The van der Waals surface area contributed by atoms with Gasteiger partial charge in [-0.2, -0.15) is 0 Å². The van der Waals surface area contributed by atoms with Crippen LogP contribution in [0.25, 0.3) is 10.8 Å². The van der Waals surface area contributed by atoms with Crippen LogP contribution in [0, 0.1) is 0 Å². The van der Waals surface area contributed by atoms with E-state index < -0.39 is 8.32 Å². The summed E-state index contributed by atoms with van der Waals surface area (Å²) in [6, 6.07) is 10.3. The lowest BCUT2D eigenvalue weighted by Gasteiger charge is -2.38. The van der Waals surface area contributed by atoms with Crippen molar-refractivity contribution >= 4 is 25.4 Å². The van der Waals surface area contributed by atoms with Gasteiger partial charge in [0.15, 0.2) is 8.32 Å². The minimum absolute atomic E-state index is 0.204. The molecule has 1 atom stereocenters. The Morgan fingerprint density at radius 2 is 1.87 bits per heavy atom. The van der Waals surface area contributed by atoms with Crippen LogP contribution in [-0.4, -0.2) is 14.6 Å². The Balaban J connectivity index is 2.00. The summed E-state index contributed by atoms with van der Waals surface area (Å²) in [6.45, 7) is 11.5. The topological polar surface area (TPSA) is 26.3 Å². The minimum Gasteiger partial charge on any atom is -0.410 e. The average molecular weight is 327 g/mol. The summed E-state index contributed by atoms with van der Waals surface area (Å²) in [7, 11) is -1.78. The summed E-state index contributed by atoms with van der Waals surface area (Å²) >= 11 is 0. The molecule has 0 amide bonds. The predicted molar refractivity (Wildman–Crippen MR) is 98.7 cm³/mol. The molecule has 1 aliphatic carbocycles. The number of hydrogen-bond acceptors (Lipinski definition) is 2. The molecule has 3 heteroatoms. The molecule has 0 saturated carbocycles. The van der Waals surface area contributed by atoms with E-state index in [1.54, 1.807) is 0 Å². The molecule has 2 nitrogen and oxygen atoms in total. The zero-order valence-electron chi connectivity index (χ0n) is 14.8. The van der Waals surface area contributed by atoms with Gasteiger partial charge in [-0.05, 0) is 58.9 Å². The zero-order valence-corrected chi connectivity index (χ0v) is 15.8. The first kappa shape index (κ1) is 16.4. The number of fused-ring (bicyclic) bond motifs is 3. The number of aryl methyl sites for hydroxylation is 1. The second-order valence-corrected chi connectivity index (χ2v) is 12.9. The fourth-order valence-electron chi connectivity index (χ4n) is 3.16. The first-order chi connectivity index (χ1) is 10.7. The third-order valence-electron chi connectivity index (χ3n) is 5.58. The lowest BCUT2D eigenvalue weighted by Crippen LogP contribution is -2.41. The largest absolute Gasteiger partial charge is 0.410 e. The van der Waals surface area contributed by atoms with Gasteiger partial charge in [0.1, 0.15) is 6.29 Å². The Labute approximate surface area is 140 Å². The van der Waals surface area contributed by atoms with Gasteiger partial charge >= 0.3 is 0 Å². The van der Waals surface area contributed by atoms with Crippen molar-refractivity contribution < 1.29 is 9.22 Å². The highest BCUT2D eigenvalue weighted by molar-refractivity contribution is 6.74. The zero-order chi connectivity index (χ0) is 16.8. The van der Waals surface area contributed by atoms with Crippen molar-refractivity contribution in [2.24, 2.45) is 0 Å². The van der Waals surface area contributed by atoms with Gasteiger partial charge in [-0.1, -0.05) is 45.0 Å². The molecule has 0 spiro atoms. The highest BCUT2D eigenvalue weighted by atomic mass is 28.4. The Kier molecular flexibility index (Phi) is 3.97. The summed E-state index contributed by atoms with van der Waals surface area (Å²) in [5.41, 5.74) is 3.44. The van der Waals surface area contributed by atoms with E-state index in [-0.39, 0.29) is 11.1 Å². The first-order valence-corrected chi connectivity index (χ1v) is 11.3. The maximum Gasteiger partial charge on any atom is 0.192 e. The van der Waals surface area contributed by atoms with Crippen LogP contribution in [0.2, 0.25) is 18.1 Å². The molecule has 0 bridgehead atoms. The molecule has 0 fully saturated rings. The molecule has 0 saturated heterocycles. The van der Waals surface area contributed by atoms with Gasteiger partial charge in [0.05, 0.1) is 6.10 Å². The van der Waals surface area contributed by atoms with Gasteiger partial charge in [0, 0.05) is 5.56 Å². The SMILES string of the molecule is CC(C)(C)[Si](C)(C)OC1CCc2c1ccc1ccc(C=O)cc21. The fraction of sp³-hybridized carbons (Fsp3) is 0.450. The third-order valence-corrected chi connectivity index (χ3v) is 10.1. The van der Waals surface area contributed by atoms with Crippen LogP contribution >= 0.6 is 0 Å². The molecule has 0 radical (unpaired) electrons. The number of benzene rings is 2. The molecule has 2 aromatic rings. The van der Waals surface area contributed by atoms with Crippen LogP contribution in [0.3, 0.4) is 0 Å². The van der Waals surface area contributed by atoms with Gasteiger partial charge in [-0.3, -0.25) is 4.79 Å². The molecule has 3 rings (SSSR count). The van der Waals surface area contributed by atoms with Crippen molar-refractivity contribution in [3.63, 3.8) is 0 Å². The Morgan fingerprint density at radius 1 is 1.17 bits per heavy atom. The van der Waals surface area contributed by atoms with E-state index in [9.17, 15) is 4.79 Å². The molecule has 1 unspecified atom stereocenters. The van der Waals surface area contributed by atoms with Crippen LogP contribution in [0.4, 0.5) is 0 Å². The molecule has 0 N–H and O–H groups in total. The minimum atomic E-state index is -1.78. The summed E-state index contributed by atoms with van der Waals surface area (Å²) in [5, 5.41) is 2.65. The van der Waals surface area contributed by atoms with E-state index in [0.29, 0.717) is 0 Å². The summed E-state index contributed by atoms with van der Waals surface area (Å²) < 4.78 is 6.66. The molecule has 1 aliphatic rings. The van der Waals surface area contributed by atoms with E-state index in [0.717, 1.165) is 24.7 Å². The van der Waals surface area contributed by atoms with Crippen LogP contribution in [0.15, 0.2) is 30.3 Å². The average Bonchev–Trinajstić information content (AvgIpc) is 2.88. The molecule has 0 heterocycles. The van der Waals surface area contributed by atoms with Gasteiger partial charge in [-0.15, -0.1) is 0 Å². The summed E-state index contributed by atoms with van der Waals surface area (Å²) in [5.74, 6) is 0. The van der Waals surface area contributed by atoms with Crippen molar-refractivity contribution in [3.8, 4) is 0 Å². The van der Waals surface area contributed by atoms with Crippen LogP contribution in [0.5, 0.6) is 0 Å². The molecular formula is C20H26O2Si. The predicted octanol–water partition coefficient (Wildman–Crippen LogP) is 5.66. The fourth-order valence-corrected chi connectivity index (χ4v) is 4.47. The smallest absolute Gasteiger partial charge is 0.192 e. The van der Waals surface area contributed by atoms with Crippen LogP contribution in [0.1, 0.15) is 54.8 Å². The maximum absolute atomic E-state index is 11.1. The van der Waals surface area contributed by atoms with Crippen molar-refractivity contribution in [2.75, 3.05) is 0 Å². The monoisotopic (exact) mass is 326 g/mol. The van der Waals surface area contributed by atoms with E-state index >= 15 is 0 Å². The van der Waals surface area contributed by atoms with Crippen LogP contribution in [-0.2, 0) is 10.8 Å². The van der Waals surface area contributed by atoms with Crippen LogP contribution < -0.4 is 0 Å². The van der Waals surface area contributed by atoms with Gasteiger partial charge in [0.25, 0.3) is 0 Å². The highest BCUT2D eigenvalue weighted by Crippen LogP contribution is 2.45. The molecule has 23 heavy (non-hydrogen) atoms. The van der Waals surface area contributed by atoms with E-state index in [1.165, 1.54) is 21.9 Å². The maximum atomic E-state index is 11.1. The molecule has 0 aromatic heterocycles. The van der Waals surface area contributed by atoms with E-state index in [4.69, 9.17) is 4.43 Å². The van der Waals surface area contributed by atoms with E-state index in [2.05, 4.69) is 46.0 Å². The lowest BCUT2D eigenvalue weighted by molar-refractivity contribution is 0.112. The number of aldehydes is 1. The van der Waals surface area contributed by atoms with Crippen molar-refractivity contribution in [2.45, 2.75) is 57.8 Å². The number of carbonyl (C=O) groups is 1. The number of carbonyl (C=O) groups excluding carboxylic acids is 1. The Morgan fingerprint density at radius 3 is 2.52 bits per heavy atom. The quantitative estimate of drug-likeness (QED) is 0.537. The van der Waals surface area contributed by atoms with Gasteiger partial charge in [0.2, 0.25) is 0 Å². The first-order valence-electron chi connectivity index (χ1n) is 8.41. The van der Waals surface area contributed by atoms with E-state index in [1.807, 2.05) is 18.2 Å². The second-order valence-electron chi connectivity index (χ2n) is 8.14. The molecular weight excluding hydrogens is 300 g/mol. The lowest BCUT2D eigenvalue weighted by atomic mass is 9.99. The summed E-state index contributed by atoms with van der Waals surface area (Å²) in [4.78, 5) is 11.1. The standard InChI is InChI=1S/C20H26O2Si/c1-20(2,3)23(4,5)22-19-11-10-16-17(19)9-8-15-7-6-14(13-21)12-18(15)16/h6-9,12-13,19H,10-11H2,1-5H3. The number of hydrogen-bond donors (Lipinski definition) is 0. The van der Waals surface area contributed by atoms with Gasteiger partial charge in [-0.25, -0.2) is 0 Å². The Hall–Kier alpha value is -1.45. The molecule has 122 valence electrons. The third kappa shape index (κ3) is 2.88. The normalized spacial score (nSPS) is 18.2.